The second kappa shape index (κ2) is 5.23. The number of nitrogen functional groups attached to an aromatic ring is 1. The van der Waals surface area contributed by atoms with E-state index in [4.69, 9.17) is 5.84 Å². The third-order valence-electron chi connectivity index (χ3n) is 2.36. The number of aromatic nitrogens is 4. The number of nitrogens with two attached hydrogens (primary N) is 1. The van der Waals surface area contributed by atoms with Crippen molar-refractivity contribution in [3.63, 3.8) is 0 Å². The lowest BCUT2D eigenvalue weighted by molar-refractivity contribution is 0.0938. The van der Waals surface area contributed by atoms with E-state index in [2.05, 4.69) is 30.9 Å². The fraction of sp³-hybridized carbons (Fsp3) is 0.200. The van der Waals surface area contributed by atoms with E-state index in [-0.39, 0.29) is 11.9 Å². The average molecular weight is 247 g/mol. The second-order valence-electron chi connectivity index (χ2n) is 3.64. The number of nitrogens with one attached hydrogen (secondary N) is 3. The Balaban J connectivity index is 2.03. The highest BCUT2D eigenvalue weighted by Gasteiger charge is 2.13. The number of carbonyl (C=O) groups excluding carboxylic acids is 1. The molecule has 2 rings (SSSR count). The van der Waals surface area contributed by atoms with Crippen LogP contribution < -0.4 is 16.6 Å². The van der Waals surface area contributed by atoms with Gasteiger partial charge in [0.15, 0.2) is 0 Å². The zero-order valence-corrected chi connectivity index (χ0v) is 9.71. The number of carbonyl (C=O) groups is 1. The lowest BCUT2D eigenvalue weighted by Gasteiger charge is -2.10. The van der Waals surface area contributed by atoms with E-state index >= 15 is 0 Å². The highest BCUT2D eigenvalue weighted by molar-refractivity contribution is 5.94. The van der Waals surface area contributed by atoms with Crippen LogP contribution in [0.2, 0.25) is 0 Å². The minimum Gasteiger partial charge on any atom is -0.342 e. The summed E-state index contributed by atoms with van der Waals surface area (Å²) in [5.74, 6) is 6.04. The molecule has 1 amide bonds. The largest absolute Gasteiger partial charge is 0.342 e. The van der Waals surface area contributed by atoms with E-state index in [0.29, 0.717) is 17.2 Å². The summed E-state index contributed by atoms with van der Waals surface area (Å²) in [7, 11) is 0. The summed E-state index contributed by atoms with van der Waals surface area (Å²) in [6, 6.07) is 2.99. The molecule has 2 aromatic rings. The van der Waals surface area contributed by atoms with Crippen molar-refractivity contribution in [2.45, 2.75) is 13.0 Å². The predicted molar refractivity (Wildman–Crippen MR) is 64.3 cm³/mol. The zero-order chi connectivity index (χ0) is 13.0. The third-order valence-corrected chi connectivity index (χ3v) is 2.36. The monoisotopic (exact) mass is 247 g/mol. The summed E-state index contributed by atoms with van der Waals surface area (Å²) in [5, 5.41) is 9.19. The molecular formula is C10H13N7O. The maximum Gasteiger partial charge on any atom is 0.253 e. The van der Waals surface area contributed by atoms with Crippen LogP contribution in [-0.2, 0) is 0 Å². The Hall–Kier alpha value is -2.48. The molecule has 94 valence electrons. The van der Waals surface area contributed by atoms with Gasteiger partial charge in [-0.1, -0.05) is 0 Å². The van der Waals surface area contributed by atoms with Crippen LogP contribution in [0.4, 0.5) is 5.82 Å². The lowest BCUT2D eigenvalue weighted by atomic mass is 10.2. The van der Waals surface area contributed by atoms with Crippen LogP contribution in [0.5, 0.6) is 0 Å². The first-order valence-corrected chi connectivity index (χ1v) is 5.29. The number of aromatic amines is 1. The Labute approximate surface area is 103 Å². The highest BCUT2D eigenvalue weighted by Crippen LogP contribution is 2.08. The van der Waals surface area contributed by atoms with Crippen LogP contribution >= 0.6 is 0 Å². The molecule has 1 atom stereocenters. The van der Waals surface area contributed by atoms with E-state index < -0.39 is 0 Å². The van der Waals surface area contributed by atoms with Gasteiger partial charge in [-0.15, -0.1) is 0 Å². The molecule has 0 saturated heterocycles. The van der Waals surface area contributed by atoms with Crippen LogP contribution in [0.1, 0.15) is 29.1 Å². The summed E-state index contributed by atoms with van der Waals surface area (Å²) in [6.45, 7) is 1.81. The van der Waals surface area contributed by atoms with Gasteiger partial charge < -0.3 is 10.7 Å². The van der Waals surface area contributed by atoms with Gasteiger partial charge in [-0.2, -0.15) is 5.10 Å². The number of hydrogen-bond acceptors (Lipinski definition) is 6. The number of nitrogens with zero attached hydrogens (tertiary/aromatic N) is 3. The molecule has 18 heavy (non-hydrogen) atoms. The van der Waals surface area contributed by atoms with Crippen molar-refractivity contribution in [3.05, 3.63) is 36.0 Å². The van der Waals surface area contributed by atoms with Gasteiger partial charge in [-0.05, 0) is 19.1 Å². The van der Waals surface area contributed by atoms with E-state index in [1.807, 2.05) is 6.92 Å². The van der Waals surface area contributed by atoms with E-state index in [0.717, 1.165) is 0 Å². The normalized spacial score (nSPS) is 11.9. The number of hydrogen-bond donors (Lipinski definition) is 4. The van der Waals surface area contributed by atoms with Crippen molar-refractivity contribution in [1.29, 1.82) is 0 Å². The molecule has 5 N–H and O–H groups in total. The van der Waals surface area contributed by atoms with E-state index in [1.165, 1.54) is 12.5 Å². The molecule has 0 aliphatic heterocycles. The summed E-state index contributed by atoms with van der Waals surface area (Å²) in [4.78, 5) is 19.8. The smallest absolute Gasteiger partial charge is 0.253 e. The minimum absolute atomic E-state index is 0.241. The van der Waals surface area contributed by atoms with Gasteiger partial charge in [0, 0.05) is 6.20 Å². The summed E-state index contributed by atoms with van der Waals surface area (Å²) < 4.78 is 0. The molecule has 0 aromatic carbocycles. The number of anilines is 1. The molecule has 0 radical (unpaired) electrons. The maximum atomic E-state index is 11.9. The number of hydrazine groups is 1. The molecular weight excluding hydrogens is 234 g/mol. The van der Waals surface area contributed by atoms with Gasteiger partial charge in [0.05, 0.1) is 11.6 Å². The fourth-order valence-corrected chi connectivity index (χ4v) is 1.39. The van der Waals surface area contributed by atoms with Crippen LogP contribution in [0, 0.1) is 0 Å². The SMILES string of the molecule is CC(NC(=O)c1ccc(NN)nc1)c1ncn[nH]1. The molecule has 0 aliphatic carbocycles. The van der Waals surface area contributed by atoms with Crippen LogP contribution in [-0.4, -0.2) is 26.1 Å². The molecule has 1 unspecified atom stereocenters. The second-order valence-corrected chi connectivity index (χ2v) is 3.64. The molecule has 2 aromatic heterocycles. The number of rotatable bonds is 4. The Morgan fingerprint density at radius 2 is 2.28 bits per heavy atom. The number of H-pyrrole nitrogens is 1. The molecule has 0 spiro atoms. The van der Waals surface area contributed by atoms with Crippen LogP contribution in [0.15, 0.2) is 24.7 Å². The Bertz CT molecular complexity index is 508. The van der Waals surface area contributed by atoms with E-state index in [9.17, 15) is 4.79 Å². The molecule has 8 nitrogen and oxygen atoms in total. The quantitative estimate of drug-likeness (QED) is 0.445. The van der Waals surface area contributed by atoms with Gasteiger partial charge in [0.2, 0.25) is 0 Å². The first-order valence-electron chi connectivity index (χ1n) is 5.29. The molecule has 8 heteroatoms. The minimum atomic E-state index is -0.257. The van der Waals surface area contributed by atoms with Crippen LogP contribution in [0.25, 0.3) is 0 Å². The third kappa shape index (κ3) is 2.61. The van der Waals surface area contributed by atoms with Gasteiger partial charge >= 0.3 is 0 Å². The molecule has 0 fully saturated rings. The zero-order valence-electron chi connectivity index (χ0n) is 9.71. The fourth-order valence-electron chi connectivity index (χ4n) is 1.39. The standard InChI is InChI=1S/C10H13N7O/c1-6(9-13-5-14-17-9)15-10(18)7-2-3-8(16-11)12-4-7/h2-6H,11H2,1H3,(H,12,16)(H,15,18)(H,13,14,17). The number of amides is 1. The Morgan fingerprint density at radius 3 is 2.83 bits per heavy atom. The first kappa shape index (κ1) is 12.0. The highest BCUT2D eigenvalue weighted by atomic mass is 16.1. The molecule has 0 aliphatic rings. The van der Waals surface area contributed by atoms with Crippen molar-refractivity contribution in [1.82, 2.24) is 25.5 Å². The summed E-state index contributed by atoms with van der Waals surface area (Å²) >= 11 is 0. The van der Waals surface area contributed by atoms with Crippen LogP contribution in [0.3, 0.4) is 0 Å². The Morgan fingerprint density at radius 1 is 1.44 bits per heavy atom. The summed E-state index contributed by atoms with van der Waals surface area (Å²) in [5.41, 5.74) is 2.83. The van der Waals surface area contributed by atoms with Crippen molar-refractivity contribution in [2.75, 3.05) is 5.43 Å². The summed E-state index contributed by atoms with van der Waals surface area (Å²) in [6.07, 6.45) is 2.83. The lowest BCUT2D eigenvalue weighted by Crippen LogP contribution is -2.27. The molecule has 2 heterocycles. The van der Waals surface area contributed by atoms with Crippen molar-refractivity contribution < 1.29 is 4.79 Å². The maximum absolute atomic E-state index is 11.9. The van der Waals surface area contributed by atoms with Crippen molar-refractivity contribution >= 4 is 11.7 Å². The topological polar surface area (TPSA) is 122 Å². The molecule has 0 saturated carbocycles. The number of pyridine rings is 1. The van der Waals surface area contributed by atoms with Gasteiger partial charge in [0.25, 0.3) is 5.91 Å². The van der Waals surface area contributed by atoms with Gasteiger partial charge in [-0.25, -0.2) is 15.8 Å². The van der Waals surface area contributed by atoms with Gasteiger partial charge in [-0.3, -0.25) is 9.89 Å². The Kier molecular flexibility index (Phi) is 3.49. The average Bonchev–Trinajstić information content (AvgIpc) is 2.92. The first-order chi connectivity index (χ1) is 8.70. The van der Waals surface area contributed by atoms with Crippen molar-refractivity contribution in [2.24, 2.45) is 5.84 Å². The van der Waals surface area contributed by atoms with Gasteiger partial charge in [0.1, 0.15) is 18.0 Å². The predicted octanol–water partition coefficient (Wildman–Crippen LogP) is -0.0237. The van der Waals surface area contributed by atoms with E-state index in [1.54, 1.807) is 12.1 Å². The molecule has 0 bridgehead atoms. The van der Waals surface area contributed by atoms with Crippen molar-refractivity contribution in [3.8, 4) is 0 Å².